The maximum Gasteiger partial charge on any atom is 0.295 e. The van der Waals surface area contributed by atoms with Gasteiger partial charge >= 0.3 is 0 Å². The minimum Gasteiger partial charge on any atom is -0.507 e. The second-order valence-corrected chi connectivity index (χ2v) is 9.31. The van der Waals surface area contributed by atoms with E-state index in [1.807, 2.05) is 58.0 Å². The van der Waals surface area contributed by atoms with Gasteiger partial charge in [0.05, 0.1) is 31.4 Å². The Balaban J connectivity index is 1.88. The van der Waals surface area contributed by atoms with Gasteiger partial charge in [0, 0.05) is 34.8 Å². The second kappa shape index (κ2) is 9.96. The fraction of sp³-hybridized carbons (Fsp3) is 0.357. The maximum absolute atomic E-state index is 13.3. The summed E-state index contributed by atoms with van der Waals surface area (Å²) in [5.74, 6) is -0.708. The molecule has 1 fully saturated rings. The topological polar surface area (TPSA) is 91.9 Å². The number of para-hydroxylation sites is 1. The van der Waals surface area contributed by atoms with Crippen LogP contribution >= 0.6 is 0 Å². The first-order valence-corrected chi connectivity index (χ1v) is 11.9. The van der Waals surface area contributed by atoms with Crippen LogP contribution in [0.2, 0.25) is 0 Å². The number of benzene rings is 2. The zero-order valence-electron chi connectivity index (χ0n) is 20.8. The molecule has 7 heteroatoms. The minimum atomic E-state index is -0.744. The average molecular weight is 477 g/mol. The predicted molar refractivity (Wildman–Crippen MR) is 135 cm³/mol. The largest absolute Gasteiger partial charge is 0.507 e. The summed E-state index contributed by atoms with van der Waals surface area (Å²) in [5, 5.41) is 12.3. The number of carbonyl (C=O) groups is 2. The molecule has 1 aromatic heterocycles. The predicted octanol–water partition coefficient (Wildman–Crippen LogP) is 5.15. The molecule has 4 rings (SSSR count). The Morgan fingerprint density at radius 2 is 1.86 bits per heavy atom. The maximum atomic E-state index is 13.3. The minimum absolute atomic E-state index is 0.00730. The highest BCUT2D eigenvalue weighted by molar-refractivity contribution is 6.46. The third kappa shape index (κ3) is 4.56. The smallest absolute Gasteiger partial charge is 0.295 e. The fourth-order valence-corrected chi connectivity index (χ4v) is 4.63. The van der Waals surface area contributed by atoms with Crippen LogP contribution in [0.15, 0.2) is 54.2 Å². The van der Waals surface area contributed by atoms with Crippen LogP contribution in [-0.2, 0) is 14.3 Å². The summed E-state index contributed by atoms with van der Waals surface area (Å²) in [5.41, 5.74) is 3.08. The number of aliphatic hydroxyl groups excluding tert-OH is 1. The first-order chi connectivity index (χ1) is 16.7. The Labute approximate surface area is 205 Å². The van der Waals surface area contributed by atoms with Crippen molar-refractivity contribution in [2.75, 3.05) is 20.3 Å². The third-order valence-electron chi connectivity index (χ3n) is 6.36. The van der Waals surface area contributed by atoms with Gasteiger partial charge in [0.25, 0.3) is 11.7 Å². The lowest BCUT2D eigenvalue weighted by Gasteiger charge is -2.25. The molecule has 3 aromatic rings. The van der Waals surface area contributed by atoms with E-state index >= 15 is 0 Å². The number of amides is 1. The lowest BCUT2D eigenvalue weighted by Crippen LogP contribution is -2.33. The van der Waals surface area contributed by atoms with Gasteiger partial charge < -0.3 is 24.5 Å². The molecule has 2 aromatic carbocycles. The highest BCUT2D eigenvalue weighted by Gasteiger charge is 2.46. The number of aliphatic hydroxyl groups is 1. The summed E-state index contributed by atoms with van der Waals surface area (Å²) in [7, 11) is 1.60. The van der Waals surface area contributed by atoms with Crippen molar-refractivity contribution < 1.29 is 24.2 Å². The molecule has 0 spiro atoms. The van der Waals surface area contributed by atoms with E-state index in [2.05, 4.69) is 4.98 Å². The number of Topliss-reactive ketones (excluding diaryl/α,β-unsaturated/α-hetero) is 1. The number of fused-ring (bicyclic) bond motifs is 1. The van der Waals surface area contributed by atoms with Crippen molar-refractivity contribution in [3.05, 3.63) is 70.9 Å². The lowest BCUT2D eigenvalue weighted by molar-refractivity contribution is -0.140. The summed E-state index contributed by atoms with van der Waals surface area (Å²) in [6.07, 6.45) is 1.80. The van der Waals surface area contributed by atoms with E-state index in [4.69, 9.17) is 9.47 Å². The number of ether oxygens (including phenoxy) is 2. The molecule has 1 aliphatic heterocycles. The highest BCUT2D eigenvalue weighted by atomic mass is 16.5. The van der Waals surface area contributed by atoms with E-state index in [1.165, 1.54) is 4.90 Å². The van der Waals surface area contributed by atoms with Crippen molar-refractivity contribution in [3.8, 4) is 5.75 Å². The van der Waals surface area contributed by atoms with Gasteiger partial charge in [-0.1, -0.05) is 32.0 Å². The fourth-order valence-electron chi connectivity index (χ4n) is 4.63. The van der Waals surface area contributed by atoms with Crippen LogP contribution in [0.25, 0.3) is 16.7 Å². The van der Waals surface area contributed by atoms with E-state index < -0.39 is 17.7 Å². The van der Waals surface area contributed by atoms with Crippen LogP contribution in [0.5, 0.6) is 5.75 Å². The van der Waals surface area contributed by atoms with Gasteiger partial charge in [0.15, 0.2) is 0 Å². The molecule has 1 amide bonds. The number of nitrogens with one attached hydrogen (secondary N) is 1. The molecular formula is C28H32N2O5. The molecule has 0 aliphatic carbocycles. The molecule has 0 radical (unpaired) electrons. The van der Waals surface area contributed by atoms with Gasteiger partial charge in [-0.25, -0.2) is 0 Å². The zero-order valence-corrected chi connectivity index (χ0v) is 20.8. The lowest BCUT2D eigenvalue weighted by atomic mass is 9.93. The molecule has 0 saturated carbocycles. The molecule has 0 bridgehead atoms. The van der Waals surface area contributed by atoms with Crippen LogP contribution in [0.1, 0.15) is 56.3 Å². The zero-order chi connectivity index (χ0) is 25.3. The molecule has 35 heavy (non-hydrogen) atoms. The van der Waals surface area contributed by atoms with E-state index in [0.717, 1.165) is 22.0 Å². The summed E-state index contributed by atoms with van der Waals surface area (Å²) < 4.78 is 11.2. The Hall–Kier alpha value is -3.58. The van der Waals surface area contributed by atoms with E-state index in [1.54, 1.807) is 25.4 Å². The Kier molecular flexibility index (Phi) is 6.98. The van der Waals surface area contributed by atoms with Gasteiger partial charge in [0.2, 0.25) is 0 Å². The molecular weight excluding hydrogens is 444 g/mol. The molecule has 1 atom stereocenters. The third-order valence-corrected chi connectivity index (χ3v) is 6.36. The van der Waals surface area contributed by atoms with Crippen LogP contribution in [0, 0.1) is 0 Å². The number of ketones is 1. The van der Waals surface area contributed by atoms with Crippen molar-refractivity contribution in [1.82, 2.24) is 9.88 Å². The van der Waals surface area contributed by atoms with E-state index in [9.17, 15) is 14.7 Å². The summed E-state index contributed by atoms with van der Waals surface area (Å²) in [4.78, 5) is 31.2. The number of methoxy groups -OCH3 is 1. The van der Waals surface area contributed by atoms with Crippen molar-refractivity contribution >= 4 is 28.4 Å². The monoisotopic (exact) mass is 476 g/mol. The molecule has 1 aliphatic rings. The number of aromatic nitrogens is 1. The number of hydrogen-bond donors (Lipinski definition) is 2. The standard InChI is InChI=1S/C28H32N2O5/c1-16(2)20-14-18(10-11-23(20)34-5)26(31)24-25(21-15-29-22-9-7-6-8-19(21)22)30(28(33)27(24)32)12-13-35-17(3)4/h6-11,14-17,25,29,31H,12-13H2,1-5H3/b26-24+. The van der Waals surface area contributed by atoms with Crippen LogP contribution < -0.4 is 4.74 Å². The quantitative estimate of drug-likeness (QED) is 0.267. The summed E-state index contributed by atoms with van der Waals surface area (Å²) in [6, 6.07) is 12.3. The number of nitrogens with zero attached hydrogens (tertiary/aromatic N) is 1. The van der Waals surface area contributed by atoms with Crippen molar-refractivity contribution in [2.45, 2.75) is 45.8 Å². The van der Waals surface area contributed by atoms with Gasteiger partial charge in [-0.15, -0.1) is 0 Å². The number of likely N-dealkylation sites (tertiary alicyclic amines) is 1. The Morgan fingerprint density at radius 3 is 2.54 bits per heavy atom. The van der Waals surface area contributed by atoms with E-state index in [0.29, 0.717) is 11.3 Å². The molecule has 2 N–H and O–H groups in total. The average Bonchev–Trinajstić information content (AvgIpc) is 3.37. The van der Waals surface area contributed by atoms with Gasteiger partial charge in [0.1, 0.15) is 11.5 Å². The van der Waals surface area contributed by atoms with Crippen molar-refractivity contribution in [3.63, 3.8) is 0 Å². The molecule has 2 heterocycles. The normalized spacial score (nSPS) is 17.8. The molecule has 7 nitrogen and oxygen atoms in total. The summed E-state index contributed by atoms with van der Waals surface area (Å²) in [6.45, 7) is 8.40. The second-order valence-electron chi connectivity index (χ2n) is 9.31. The van der Waals surface area contributed by atoms with Crippen LogP contribution in [-0.4, -0.2) is 53.0 Å². The number of aromatic amines is 1. The molecule has 1 unspecified atom stereocenters. The highest BCUT2D eigenvalue weighted by Crippen LogP contribution is 2.42. The number of carbonyl (C=O) groups excluding carboxylic acids is 2. The number of H-pyrrole nitrogens is 1. The SMILES string of the molecule is COc1ccc(/C(O)=C2\C(=O)C(=O)N(CCOC(C)C)C2c2c[nH]c3ccccc23)cc1C(C)C. The first kappa shape index (κ1) is 24.5. The van der Waals surface area contributed by atoms with Crippen LogP contribution in [0.4, 0.5) is 0 Å². The summed E-state index contributed by atoms with van der Waals surface area (Å²) >= 11 is 0. The van der Waals surface area contributed by atoms with Gasteiger partial charge in [-0.05, 0) is 49.6 Å². The van der Waals surface area contributed by atoms with Crippen LogP contribution in [0.3, 0.4) is 0 Å². The first-order valence-electron chi connectivity index (χ1n) is 11.9. The van der Waals surface area contributed by atoms with Gasteiger partial charge in [-0.3, -0.25) is 9.59 Å². The Bertz CT molecular complexity index is 1290. The molecule has 184 valence electrons. The number of hydrogen-bond acceptors (Lipinski definition) is 5. The van der Waals surface area contributed by atoms with Crippen molar-refractivity contribution in [2.24, 2.45) is 0 Å². The number of rotatable bonds is 8. The van der Waals surface area contributed by atoms with Crippen molar-refractivity contribution in [1.29, 1.82) is 0 Å². The van der Waals surface area contributed by atoms with E-state index in [-0.39, 0.29) is 36.5 Å². The Morgan fingerprint density at radius 1 is 1.11 bits per heavy atom. The van der Waals surface area contributed by atoms with Gasteiger partial charge in [-0.2, -0.15) is 0 Å². The molecule has 1 saturated heterocycles.